The Morgan fingerprint density at radius 3 is 2.88 bits per heavy atom. The fourth-order valence-electron chi connectivity index (χ4n) is 2.07. The average Bonchev–Trinajstić information content (AvgIpc) is 2.70. The van der Waals surface area contributed by atoms with Gasteiger partial charge in [-0.15, -0.1) is 6.58 Å². The van der Waals surface area contributed by atoms with Crippen molar-refractivity contribution < 1.29 is 4.79 Å². The molecule has 1 atom stereocenters. The standard InChI is InChI=1S/C13H16N2O/c1-2-10-7-13(16)15(9-10)12-6-4-3-5-11(12)8-14/h2-6,10H,1,7-9,14H2. The quantitative estimate of drug-likeness (QED) is 0.781. The van der Waals surface area contributed by atoms with Gasteiger partial charge in [-0.1, -0.05) is 24.3 Å². The van der Waals surface area contributed by atoms with Crippen molar-refractivity contribution in [1.29, 1.82) is 0 Å². The molecule has 1 aromatic carbocycles. The normalized spacial score (nSPS) is 20.2. The molecule has 1 unspecified atom stereocenters. The Labute approximate surface area is 95.6 Å². The third-order valence-corrected chi connectivity index (χ3v) is 2.99. The summed E-state index contributed by atoms with van der Waals surface area (Å²) in [6, 6.07) is 7.79. The molecular weight excluding hydrogens is 200 g/mol. The fraction of sp³-hybridized carbons (Fsp3) is 0.308. The molecular formula is C13H16N2O. The number of nitrogens with two attached hydrogens (primary N) is 1. The van der Waals surface area contributed by atoms with E-state index in [0.717, 1.165) is 17.8 Å². The van der Waals surface area contributed by atoms with Crippen LogP contribution in [0.4, 0.5) is 5.69 Å². The summed E-state index contributed by atoms with van der Waals surface area (Å²) in [5.41, 5.74) is 7.63. The van der Waals surface area contributed by atoms with E-state index in [-0.39, 0.29) is 11.8 Å². The zero-order valence-electron chi connectivity index (χ0n) is 9.23. The zero-order valence-corrected chi connectivity index (χ0v) is 9.23. The van der Waals surface area contributed by atoms with Crippen molar-refractivity contribution in [2.24, 2.45) is 11.7 Å². The minimum atomic E-state index is 0.158. The Morgan fingerprint density at radius 1 is 1.50 bits per heavy atom. The summed E-state index contributed by atoms with van der Waals surface area (Å²) in [5.74, 6) is 0.420. The van der Waals surface area contributed by atoms with E-state index in [4.69, 9.17) is 5.73 Å². The van der Waals surface area contributed by atoms with E-state index in [1.807, 2.05) is 35.2 Å². The highest BCUT2D eigenvalue weighted by molar-refractivity contribution is 5.96. The maximum Gasteiger partial charge on any atom is 0.227 e. The van der Waals surface area contributed by atoms with Gasteiger partial charge >= 0.3 is 0 Å². The molecule has 3 heteroatoms. The van der Waals surface area contributed by atoms with E-state index >= 15 is 0 Å². The van der Waals surface area contributed by atoms with Crippen LogP contribution in [0.1, 0.15) is 12.0 Å². The molecule has 1 aliphatic heterocycles. The molecule has 1 fully saturated rings. The molecule has 1 amide bonds. The molecule has 0 bridgehead atoms. The highest BCUT2D eigenvalue weighted by atomic mass is 16.2. The van der Waals surface area contributed by atoms with Crippen LogP contribution < -0.4 is 10.6 Å². The predicted molar refractivity (Wildman–Crippen MR) is 65.0 cm³/mol. The van der Waals surface area contributed by atoms with Crippen LogP contribution in [0.2, 0.25) is 0 Å². The first-order chi connectivity index (χ1) is 7.76. The minimum Gasteiger partial charge on any atom is -0.326 e. The maximum absolute atomic E-state index is 11.8. The van der Waals surface area contributed by atoms with Crippen molar-refractivity contribution in [2.75, 3.05) is 11.4 Å². The summed E-state index contributed by atoms with van der Waals surface area (Å²) in [6.45, 7) is 4.92. The Hall–Kier alpha value is -1.61. The number of nitrogens with zero attached hydrogens (tertiary/aromatic N) is 1. The van der Waals surface area contributed by atoms with Gasteiger partial charge in [0.2, 0.25) is 5.91 Å². The topological polar surface area (TPSA) is 46.3 Å². The maximum atomic E-state index is 11.8. The van der Waals surface area contributed by atoms with Gasteiger partial charge in [0.25, 0.3) is 0 Å². The number of hydrogen-bond donors (Lipinski definition) is 1. The molecule has 84 valence electrons. The van der Waals surface area contributed by atoms with Crippen molar-refractivity contribution in [3.05, 3.63) is 42.5 Å². The summed E-state index contributed by atoms with van der Waals surface area (Å²) in [6.07, 6.45) is 2.41. The van der Waals surface area contributed by atoms with Crippen LogP contribution >= 0.6 is 0 Å². The van der Waals surface area contributed by atoms with E-state index in [1.165, 1.54) is 0 Å². The Morgan fingerprint density at radius 2 is 2.25 bits per heavy atom. The zero-order chi connectivity index (χ0) is 11.5. The minimum absolute atomic E-state index is 0.158. The van der Waals surface area contributed by atoms with E-state index < -0.39 is 0 Å². The number of rotatable bonds is 3. The van der Waals surface area contributed by atoms with Crippen LogP contribution in [-0.4, -0.2) is 12.5 Å². The SMILES string of the molecule is C=CC1CC(=O)N(c2ccccc2CN)C1. The molecule has 3 nitrogen and oxygen atoms in total. The lowest BCUT2D eigenvalue weighted by atomic mass is 10.1. The number of anilines is 1. The summed E-state index contributed by atoms with van der Waals surface area (Å²) >= 11 is 0. The number of carbonyl (C=O) groups is 1. The van der Waals surface area contributed by atoms with Gasteiger partial charge in [0.05, 0.1) is 0 Å². The van der Waals surface area contributed by atoms with Crippen LogP contribution in [0.15, 0.2) is 36.9 Å². The lowest BCUT2D eigenvalue weighted by Gasteiger charge is -2.19. The third-order valence-electron chi connectivity index (χ3n) is 2.99. The molecule has 1 aromatic rings. The summed E-state index contributed by atoms with van der Waals surface area (Å²) in [5, 5.41) is 0. The summed E-state index contributed by atoms with van der Waals surface area (Å²) in [7, 11) is 0. The average molecular weight is 216 g/mol. The molecule has 0 saturated carbocycles. The third kappa shape index (κ3) is 1.86. The first-order valence-electron chi connectivity index (χ1n) is 5.47. The van der Waals surface area contributed by atoms with Crippen molar-refractivity contribution in [2.45, 2.75) is 13.0 Å². The van der Waals surface area contributed by atoms with Gasteiger partial charge in [-0.3, -0.25) is 4.79 Å². The first-order valence-corrected chi connectivity index (χ1v) is 5.47. The van der Waals surface area contributed by atoms with Gasteiger partial charge < -0.3 is 10.6 Å². The Bertz CT molecular complexity index is 414. The summed E-state index contributed by atoms with van der Waals surface area (Å²) < 4.78 is 0. The van der Waals surface area contributed by atoms with Crippen molar-refractivity contribution in [3.8, 4) is 0 Å². The second-order valence-electron chi connectivity index (χ2n) is 4.04. The van der Waals surface area contributed by atoms with E-state index in [2.05, 4.69) is 6.58 Å². The number of amides is 1. The van der Waals surface area contributed by atoms with Crippen LogP contribution in [0.25, 0.3) is 0 Å². The molecule has 0 spiro atoms. The van der Waals surface area contributed by atoms with Gasteiger partial charge in [-0.25, -0.2) is 0 Å². The fourth-order valence-corrected chi connectivity index (χ4v) is 2.07. The summed E-state index contributed by atoms with van der Waals surface area (Å²) in [4.78, 5) is 13.7. The van der Waals surface area contributed by atoms with Gasteiger partial charge in [0.15, 0.2) is 0 Å². The number of para-hydroxylation sites is 1. The van der Waals surface area contributed by atoms with Crippen LogP contribution in [-0.2, 0) is 11.3 Å². The molecule has 2 N–H and O–H groups in total. The molecule has 1 aliphatic rings. The van der Waals surface area contributed by atoms with Crippen molar-refractivity contribution in [1.82, 2.24) is 0 Å². The smallest absolute Gasteiger partial charge is 0.227 e. The van der Waals surface area contributed by atoms with Crippen LogP contribution in [0.3, 0.4) is 0 Å². The Balaban J connectivity index is 2.30. The molecule has 0 radical (unpaired) electrons. The number of carbonyl (C=O) groups excluding carboxylic acids is 1. The van der Waals surface area contributed by atoms with E-state index in [1.54, 1.807) is 0 Å². The second kappa shape index (κ2) is 4.49. The van der Waals surface area contributed by atoms with Gasteiger partial charge in [-0.05, 0) is 11.6 Å². The number of benzene rings is 1. The predicted octanol–water partition coefficient (Wildman–Crippen LogP) is 1.68. The van der Waals surface area contributed by atoms with E-state index in [0.29, 0.717) is 13.0 Å². The van der Waals surface area contributed by atoms with Crippen LogP contribution in [0, 0.1) is 5.92 Å². The molecule has 1 saturated heterocycles. The molecule has 0 aromatic heterocycles. The van der Waals surface area contributed by atoms with Gasteiger partial charge in [-0.2, -0.15) is 0 Å². The lowest BCUT2D eigenvalue weighted by molar-refractivity contribution is -0.117. The highest BCUT2D eigenvalue weighted by Gasteiger charge is 2.29. The highest BCUT2D eigenvalue weighted by Crippen LogP contribution is 2.28. The van der Waals surface area contributed by atoms with Crippen molar-refractivity contribution in [3.63, 3.8) is 0 Å². The van der Waals surface area contributed by atoms with E-state index in [9.17, 15) is 4.79 Å². The van der Waals surface area contributed by atoms with Crippen LogP contribution in [0.5, 0.6) is 0 Å². The number of hydrogen-bond acceptors (Lipinski definition) is 2. The molecule has 1 heterocycles. The monoisotopic (exact) mass is 216 g/mol. The second-order valence-corrected chi connectivity index (χ2v) is 4.04. The Kier molecular flexibility index (Phi) is 3.06. The molecule has 2 rings (SSSR count). The largest absolute Gasteiger partial charge is 0.326 e. The first kappa shape index (κ1) is 10.9. The van der Waals surface area contributed by atoms with Crippen molar-refractivity contribution >= 4 is 11.6 Å². The molecule has 0 aliphatic carbocycles. The lowest BCUT2D eigenvalue weighted by Crippen LogP contribution is -2.26. The van der Waals surface area contributed by atoms with Gasteiger partial charge in [0, 0.05) is 31.1 Å². The molecule has 16 heavy (non-hydrogen) atoms. The van der Waals surface area contributed by atoms with Gasteiger partial charge in [0.1, 0.15) is 0 Å².